The summed E-state index contributed by atoms with van der Waals surface area (Å²) in [5.74, 6) is 0.579. The Hall–Kier alpha value is -1.74. The second-order valence-electron chi connectivity index (χ2n) is 4.77. The van der Waals surface area contributed by atoms with Gasteiger partial charge in [0.15, 0.2) is 5.78 Å². The lowest BCUT2D eigenvalue weighted by atomic mass is 9.97. The number of aromatic nitrogens is 1. The number of benzene rings is 1. The topological polar surface area (TPSA) is 39.2 Å². The first kappa shape index (κ1) is 11.4. The highest BCUT2D eigenvalue weighted by Gasteiger charge is 2.20. The van der Waals surface area contributed by atoms with Crippen LogP contribution in [0.15, 0.2) is 36.5 Å². The fourth-order valence-corrected chi connectivity index (χ4v) is 2.36. The van der Waals surface area contributed by atoms with Gasteiger partial charge in [0.05, 0.1) is 5.52 Å². The van der Waals surface area contributed by atoms with Crippen LogP contribution in [0.25, 0.3) is 10.9 Å². The van der Waals surface area contributed by atoms with E-state index in [9.17, 15) is 4.79 Å². The van der Waals surface area contributed by atoms with Crippen molar-refractivity contribution in [1.29, 1.82) is 0 Å². The van der Waals surface area contributed by atoms with Crippen molar-refractivity contribution in [3.05, 3.63) is 42.1 Å². The SMILES string of the molecule is O=C(CC1CCOC1)c1ccc2cccnc2c1. The predicted molar refractivity (Wildman–Crippen MR) is 69.6 cm³/mol. The van der Waals surface area contributed by atoms with Crippen LogP contribution in [0.1, 0.15) is 23.2 Å². The summed E-state index contributed by atoms with van der Waals surface area (Å²) in [5.41, 5.74) is 1.64. The Kier molecular flexibility index (Phi) is 3.07. The Balaban J connectivity index is 1.82. The molecule has 1 saturated heterocycles. The van der Waals surface area contributed by atoms with Crippen LogP contribution in [0.5, 0.6) is 0 Å². The molecule has 3 nitrogen and oxygen atoms in total. The summed E-state index contributed by atoms with van der Waals surface area (Å²) >= 11 is 0. The molecule has 1 aliphatic rings. The summed E-state index contributed by atoms with van der Waals surface area (Å²) in [7, 11) is 0. The van der Waals surface area contributed by atoms with E-state index < -0.39 is 0 Å². The molecule has 3 heteroatoms. The maximum Gasteiger partial charge on any atom is 0.163 e. The Morgan fingerprint density at radius 2 is 2.33 bits per heavy atom. The smallest absolute Gasteiger partial charge is 0.163 e. The van der Waals surface area contributed by atoms with Crippen molar-refractivity contribution in [2.24, 2.45) is 5.92 Å². The molecular weight excluding hydrogens is 226 g/mol. The summed E-state index contributed by atoms with van der Waals surface area (Å²) in [6.45, 7) is 1.51. The standard InChI is InChI=1S/C15H15NO2/c17-15(8-11-5-7-18-10-11)13-4-3-12-2-1-6-16-14(12)9-13/h1-4,6,9,11H,5,7-8,10H2. The number of hydrogen-bond acceptors (Lipinski definition) is 3. The molecule has 0 radical (unpaired) electrons. The van der Waals surface area contributed by atoms with Gasteiger partial charge in [0.25, 0.3) is 0 Å². The number of carbonyl (C=O) groups excluding carboxylic acids is 1. The monoisotopic (exact) mass is 241 g/mol. The molecule has 1 aromatic heterocycles. The largest absolute Gasteiger partial charge is 0.381 e. The van der Waals surface area contributed by atoms with Crippen LogP contribution >= 0.6 is 0 Å². The molecule has 1 unspecified atom stereocenters. The molecule has 18 heavy (non-hydrogen) atoms. The van der Waals surface area contributed by atoms with E-state index in [2.05, 4.69) is 4.98 Å². The molecule has 1 fully saturated rings. The summed E-state index contributed by atoms with van der Waals surface area (Å²) in [6.07, 6.45) is 3.33. The second-order valence-corrected chi connectivity index (χ2v) is 4.77. The van der Waals surface area contributed by atoms with Gasteiger partial charge >= 0.3 is 0 Å². The van der Waals surface area contributed by atoms with Gasteiger partial charge in [0.2, 0.25) is 0 Å². The third-order valence-corrected chi connectivity index (χ3v) is 3.43. The number of pyridine rings is 1. The molecule has 1 atom stereocenters. The van der Waals surface area contributed by atoms with Gasteiger partial charge in [0, 0.05) is 36.8 Å². The molecule has 0 N–H and O–H groups in total. The van der Waals surface area contributed by atoms with Crippen LogP contribution < -0.4 is 0 Å². The van der Waals surface area contributed by atoms with Crippen molar-refractivity contribution < 1.29 is 9.53 Å². The van der Waals surface area contributed by atoms with Gasteiger partial charge in [0.1, 0.15) is 0 Å². The van der Waals surface area contributed by atoms with Crippen molar-refractivity contribution in [2.75, 3.05) is 13.2 Å². The van der Waals surface area contributed by atoms with E-state index in [0.717, 1.165) is 36.1 Å². The molecule has 0 amide bonds. The van der Waals surface area contributed by atoms with Crippen LogP contribution in [0.2, 0.25) is 0 Å². The van der Waals surface area contributed by atoms with Crippen molar-refractivity contribution in [1.82, 2.24) is 4.98 Å². The minimum atomic E-state index is 0.193. The molecule has 0 saturated carbocycles. The van der Waals surface area contributed by atoms with Crippen LogP contribution in [-0.4, -0.2) is 24.0 Å². The summed E-state index contributed by atoms with van der Waals surface area (Å²) in [4.78, 5) is 16.4. The first-order valence-corrected chi connectivity index (χ1v) is 6.28. The number of hydrogen-bond donors (Lipinski definition) is 0. The number of Topliss-reactive ketones (excluding diaryl/α,β-unsaturated/α-hetero) is 1. The van der Waals surface area contributed by atoms with E-state index in [0.29, 0.717) is 12.3 Å². The van der Waals surface area contributed by atoms with Gasteiger partial charge in [-0.25, -0.2) is 0 Å². The molecule has 1 aromatic carbocycles. The lowest BCUT2D eigenvalue weighted by Gasteiger charge is -2.07. The first-order valence-electron chi connectivity index (χ1n) is 6.28. The lowest BCUT2D eigenvalue weighted by Crippen LogP contribution is -2.08. The maximum atomic E-state index is 12.2. The molecule has 0 aliphatic carbocycles. The fourth-order valence-electron chi connectivity index (χ4n) is 2.36. The van der Waals surface area contributed by atoms with Crippen LogP contribution in [-0.2, 0) is 4.74 Å². The zero-order valence-electron chi connectivity index (χ0n) is 10.1. The van der Waals surface area contributed by atoms with Gasteiger partial charge in [-0.05, 0) is 24.5 Å². The molecule has 0 bridgehead atoms. The summed E-state index contributed by atoms with van der Waals surface area (Å²) < 4.78 is 5.30. The molecule has 2 aromatic rings. The molecule has 3 rings (SSSR count). The van der Waals surface area contributed by atoms with E-state index in [4.69, 9.17) is 4.74 Å². The summed E-state index contributed by atoms with van der Waals surface area (Å²) in [6, 6.07) is 9.64. The zero-order chi connectivity index (χ0) is 12.4. The Morgan fingerprint density at radius 1 is 1.39 bits per heavy atom. The van der Waals surface area contributed by atoms with Crippen LogP contribution in [0, 0.1) is 5.92 Å². The molecule has 0 spiro atoms. The zero-order valence-corrected chi connectivity index (χ0v) is 10.1. The number of nitrogens with zero attached hydrogens (tertiary/aromatic N) is 1. The Labute approximate surface area is 106 Å². The molecule has 2 heterocycles. The second kappa shape index (κ2) is 4.86. The van der Waals surface area contributed by atoms with E-state index in [1.54, 1.807) is 6.20 Å². The number of rotatable bonds is 3. The van der Waals surface area contributed by atoms with Crippen molar-refractivity contribution in [3.63, 3.8) is 0 Å². The van der Waals surface area contributed by atoms with Crippen molar-refractivity contribution >= 4 is 16.7 Å². The molecular formula is C15H15NO2. The van der Waals surface area contributed by atoms with Gasteiger partial charge in [-0.3, -0.25) is 9.78 Å². The summed E-state index contributed by atoms with van der Waals surface area (Å²) in [5, 5.41) is 1.07. The highest BCUT2D eigenvalue weighted by molar-refractivity contribution is 5.99. The maximum absolute atomic E-state index is 12.2. The minimum Gasteiger partial charge on any atom is -0.381 e. The van der Waals surface area contributed by atoms with Crippen molar-refractivity contribution in [3.8, 4) is 0 Å². The lowest BCUT2D eigenvalue weighted by molar-refractivity contribution is 0.0953. The van der Waals surface area contributed by atoms with E-state index in [-0.39, 0.29) is 5.78 Å². The van der Waals surface area contributed by atoms with Crippen LogP contribution in [0.4, 0.5) is 0 Å². The number of carbonyl (C=O) groups is 1. The molecule has 1 aliphatic heterocycles. The predicted octanol–water partition coefficient (Wildman–Crippen LogP) is 2.84. The third kappa shape index (κ3) is 2.27. The average molecular weight is 241 g/mol. The minimum absolute atomic E-state index is 0.193. The van der Waals surface area contributed by atoms with Crippen molar-refractivity contribution in [2.45, 2.75) is 12.8 Å². The van der Waals surface area contributed by atoms with Gasteiger partial charge < -0.3 is 4.74 Å². The van der Waals surface area contributed by atoms with Gasteiger partial charge in [-0.1, -0.05) is 18.2 Å². The van der Waals surface area contributed by atoms with Gasteiger partial charge in [-0.15, -0.1) is 0 Å². The quantitative estimate of drug-likeness (QED) is 0.776. The third-order valence-electron chi connectivity index (χ3n) is 3.43. The normalized spacial score (nSPS) is 19.2. The highest BCUT2D eigenvalue weighted by Crippen LogP contribution is 2.20. The average Bonchev–Trinajstić information content (AvgIpc) is 2.91. The Morgan fingerprint density at radius 3 is 3.17 bits per heavy atom. The highest BCUT2D eigenvalue weighted by atomic mass is 16.5. The van der Waals surface area contributed by atoms with Gasteiger partial charge in [-0.2, -0.15) is 0 Å². The fraction of sp³-hybridized carbons (Fsp3) is 0.333. The van der Waals surface area contributed by atoms with E-state index in [1.165, 1.54) is 0 Å². The number of fused-ring (bicyclic) bond motifs is 1. The number of ketones is 1. The van der Waals surface area contributed by atoms with E-state index in [1.807, 2.05) is 30.3 Å². The Bertz CT molecular complexity index is 573. The van der Waals surface area contributed by atoms with Crippen LogP contribution in [0.3, 0.4) is 0 Å². The first-order chi connectivity index (χ1) is 8.83. The molecule has 92 valence electrons. The van der Waals surface area contributed by atoms with E-state index >= 15 is 0 Å². The number of ether oxygens (including phenoxy) is 1.